The number of nitrogens with zero attached hydrogens (tertiary/aromatic N) is 6. The maximum absolute atomic E-state index is 10.2. The van der Waals surface area contributed by atoms with Gasteiger partial charge >= 0.3 is 0 Å². The Kier molecular flexibility index (Phi) is 3.53. The lowest BCUT2D eigenvalue weighted by Gasteiger charge is -2.05. The molecule has 2 heterocycles. The number of aryl methyl sites for hydroxylation is 2. The predicted molar refractivity (Wildman–Crippen MR) is 95.2 cm³/mol. The lowest BCUT2D eigenvalue weighted by atomic mass is 10.0. The first-order chi connectivity index (χ1) is 12.1. The molecule has 2 aromatic carbocycles. The molecule has 0 unspecified atom stereocenters. The number of benzene rings is 2. The molecule has 2 aromatic heterocycles. The number of phenolic OH excluding ortho intramolecular Hbond substituents is 1. The van der Waals surface area contributed by atoms with Gasteiger partial charge in [0.15, 0.2) is 0 Å². The van der Waals surface area contributed by atoms with Crippen LogP contribution in [0.2, 0.25) is 0 Å². The molecule has 25 heavy (non-hydrogen) atoms. The second-order valence-electron chi connectivity index (χ2n) is 5.78. The zero-order valence-corrected chi connectivity index (χ0v) is 13.8. The normalized spacial score (nSPS) is 11.6. The van der Waals surface area contributed by atoms with Crippen LogP contribution in [-0.4, -0.2) is 36.0 Å². The first-order valence-electron chi connectivity index (χ1n) is 7.82. The first-order valence-corrected chi connectivity index (χ1v) is 7.82. The summed E-state index contributed by atoms with van der Waals surface area (Å²) >= 11 is 0. The summed E-state index contributed by atoms with van der Waals surface area (Å²) in [7, 11) is 0. The fraction of sp³-hybridized carbons (Fsp3) is 0.111. The van der Waals surface area contributed by atoms with Gasteiger partial charge in [0.2, 0.25) is 0 Å². The lowest BCUT2D eigenvalue weighted by molar-refractivity contribution is 0.475. The van der Waals surface area contributed by atoms with Crippen molar-refractivity contribution in [1.29, 1.82) is 0 Å². The SMILES string of the molecule is Cc1cc(C)n(-c2nncn2/N=C/c2c(O)ccc3ccccc23)n1. The van der Waals surface area contributed by atoms with Gasteiger partial charge in [0.05, 0.1) is 11.9 Å². The van der Waals surface area contributed by atoms with Crippen molar-refractivity contribution >= 4 is 17.0 Å². The van der Waals surface area contributed by atoms with Gasteiger partial charge in [-0.15, -0.1) is 10.2 Å². The van der Waals surface area contributed by atoms with Gasteiger partial charge in [0.1, 0.15) is 12.1 Å². The Hall–Kier alpha value is -3.48. The van der Waals surface area contributed by atoms with Crippen molar-refractivity contribution in [3.05, 3.63) is 65.7 Å². The highest BCUT2D eigenvalue weighted by molar-refractivity contribution is 6.02. The summed E-state index contributed by atoms with van der Waals surface area (Å²) in [5.74, 6) is 0.657. The lowest BCUT2D eigenvalue weighted by Crippen LogP contribution is -2.06. The molecule has 0 aliphatic heterocycles. The minimum Gasteiger partial charge on any atom is -0.507 e. The van der Waals surface area contributed by atoms with E-state index in [1.807, 2.05) is 50.2 Å². The number of rotatable bonds is 3. The summed E-state index contributed by atoms with van der Waals surface area (Å²) in [6.07, 6.45) is 3.11. The van der Waals surface area contributed by atoms with E-state index < -0.39 is 0 Å². The Bertz CT molecular complexity index is 1090. The van der Waals surface area contributed by atoms with Crippen LogP contribution in [0.1, 0.15) is 17.0 Å². The predicted octanol–water partition coefficient (Wildman–Crippen LogP) is 2.82. The average molecular weight is 332 g/mol. The Morgan fingerprint density at radius 2 is 1.96 bits per heavy atom. The molecule has 0 saturated carbocycles. The van der Waals surface area contributed by atoms with Crippen LogP contribution in [-0.2, 0) is 0 Å². The summed E-state index contributed by atoms with van der Waals surface area (Å²) in [4.78, 5) is 0. The van der Waals surface area contributed by atoms with E-state index in [0.29, 0.717) is 11.5 Å². The topological polar surface area (TPSA) is 81.1 Å². The quantitative estimate of drug-likeness (QED) is 0.585. The summed E-state index contributed by atoms with van der Waals surface area (Å²) in [6, 6.07) is 13.3. The molecule has 0 amide bonds. The number of hydrogen-bond donors (Lipinski definition) is 1. The minimum absolute atomic E-state index is 0.170. The van der Waals surface area contributed by atoms with Gasteiger partial charge in [-0.05, 0) is 36.8 Å². The Labute approximate surface area is 143 Å². The van der Waals surface area contributed by atoms with E-state index in [-0.39, 0.29) is 5.75 Å². The number of aromatic nitrogens is 5. The van der Waals surface area contributed by atoms with Gasteiger partial charge < -0.3 is 5.11 Å². The van der Waals surface area contributed by atoms with E-state index in [4.69, 9.17) is 0 Å². The highest BCUT2D eigenvalue weighted by atomic mass is 16.3. The fourth-order valence-electron chi connectivity index (χ4n) is 2.82. The third kappa shape index (κ3) is 2.65. The third-order valence-electron chi connectivity index (χ3n) is 3.97. The molecule has 0 atom stereocenters. The molecule has 0 aliphatic rings. The molecule has 124 valence electrons. The Morgan fingerprint density at radius 3 is 2.76 bits per heavy atom. The zero-order valence-electron chi connectivity index (χ0n) is 13.8. The standard InChI is InChI=1S/C18H16N6O/c1-12-9-13(2)24(22-12)18-21-19-11-23(18)20-10-16-15-6-4-3-5-14(15)7-8-17(16)25/h3-11,25H,1-2H3/b20-10+. The molecule has 7 nitrogen and oxygen atoms in total. The van der Waals surface area contributed by atoms with Crippen LogP contribution in [0, 0.1) is 13.8 Å². The van der Waals surface area contributed by atoms with E-state index in [1.54, 1.807) is 17.0 Å². The van der Waals surface area contributed by atoms with E-state index in [2.05, 4.69) is 20.4 Å². The zero-order chi connectivity index (χ0) is 17.4. The van der Waals surface area contributed by atoms with E-state index in [0.717, 1.165) is 22.2 Å². The Morgan fingerprint density at radius 1 is 1.12 bits per heavy atom. The van der Waals surface area contributed by atoms with Crippen LogP contribution in [0.5, 0.6) is 5.75 Å². The van der Waals surface area contributed by atoms with Crippen molar-refractivity contribution < 1.29 is 5.11 Å². The molecule has 4 aromatic rings. The molecule has 0 aliphatic carbocycles. The van der Waals surface area contributed by atoms with Crippen LogP contribution in [0.4, 0.5) is 0 Å². The molecular weight excluding hydrogens is 316 g/mol. The van der Waals surface area contributed by atoms with Crippen LogP contribution in [0.3, 0.4) is 0 Å². The van der Waals surface area contributed by atoms with Crippen LogP contribution in [0.15, 0.2) is 53.9 Å². The highest BCUT2D eigenvalue weighted by Gasteiger charge is 2.11. The van der Waals surface area contributed by atoms with E-state index >= 15 is 0 Å². The molecule has 0 bridgehead atoms. The van der Waals surface area contributed by atoms with Crippen LogP contribution >= 0.6 is 0 Å². The van der Waals surface area contributed by atoms with Crippen molar-refractivity contribution in [2.24, 2.45) is 5.10 Å². The molecule has 1 N–H and O–H groups in total. The minimum atomic E-state index is 0.170. The van der Waals surface area contributed by atoms with E-state index in [9.17, 15) is 5.11 Å². The number of hydrogen-bond acceptors (Lipinski definition) is 5. The van der Waals surface area contributed by atoms with Gasteiger partial charge in [-0.1, -0.05) is 30.3 Å². The van der Waals surface area contributed by atoms with Crippen molar-refractivity contribution in [3.63, 3.8) is 0 Å². The molecule has 0 fully saturated rings. The maximum atomic E-state index is 10.2. The third-order valence-corrected chi connectivity index (χ3v) is 3.97. The highest BCUT2D eigenvalue weighted by Crippen LogP contribution is 2.25. The molecule has 0 saturated heterocycles. The molecule has 0 spiro atoms. The first kappa shape index (κ1) is 15.1. The van der Waals surface area contributed by atoms with Gasteiger partial charge in [-0.3, -0.25) is 0 Å². The average Bonchev–Trinajstić information content (AvgIpc) is 3.19. The van der Waals surface area contributed by atoms with E-state index in [1.165, 1.54) is 11.0 Å². The van der Waals surface area contributed by atoms with Gasteiger partial charge in [-0.25, -0.2) is 4.68 Å². The molecule has 0 radical (unpaired) electrons. The van der Waals surface area contributed by atoms with Crippen molar-refractivity contribution in [3.8, 4) is 11.7 Å². The second-order valence-corrected chi connectivity index (χ2v) is 5.78. The largest absolute Gasteiger partial charge is 0.507 e. The van der Waals surface area contributed by atoms with Crippen LogP contribution < -0.4 is 0 Å². The summed E-state index contributed by atoms with van der Waals surface area (Å²) in [5, 5.41) is 29.0. The smallest absolute Gasteiger partial charge is 0.273 e. The number of fused-ring (bicyclic) bond motifs is 1. The summed E-state index contributed by atoms with van der Waals surface area (Å²) in [5.41, 5.74) is 2.48. The van der Waals surface area contributed by atoms with Gasteiger partial charge in [-0.2, -0.15) is 14.9 Å². The number of phenols is 1. The second kappa shape index (κ2) is 5.86. The van der Waals surface area contributed by atoms with Gasteiger partial charge in [0, 0.05) is 11.3 Å². The van der Waals surface area contributed by atoms with Crippen molar-refractivity contribution in [2.75, 3.05) is 0 Å². The molecule has 7 heteroatoms. The molecule has 4 rings (SSSR count). The number of aromatic hydroxyl groups is 1. The fourth-order valence-corrected chi connectivity index (χ4v) is 2.82. The monoisotopic (exact) mass is 332 g/mol. The van der Waals surface area contributed by atoms with Crippen molar-refractivity contribution in [1.82, 2.24) is 24.7 Å². The summed E-state index contributed by atoms with van der Waals surface area (Å²) in [6.45, 7) is 3.86. The van der Waals surface area contributed by atoms with Gasteiger partial charge in [0.25, 0.3) is 5.95 Å². The van der Waals surface area contributed by atoms with Crippen LogP contribution in [0.25, 0.3) is 16.7 Å². The Balaban J connectivity index is 1.79. The summed E-state index contributed by atoms with van der Waals surface area (Å²) < 4.78 is 3.21. The molecular formula is C18H16N6O. The van der Waals surface area contributed by atoms with Crippen molar-refractivity contribution in [2.45, 2.75) is 13.8 Å². The maximum Gasteiger partial charge on any atom is 0.273 e.